The lowest BCUT2D eigenvalue weighted by atomic mass is 9.84. The Morgan fingerprint density at radius 1 is 1.35 bits per heavy atom. The highest BCUT2D eigenvalue weighted by molar-refractivity contribution is 6.16. The SMILES string of the molecule is C=CCC1=C(O)C(=C)c2cc(C)ccc2C1=O. The van der Waals surface area contributed by atoms with E-state index >= 15 is 0 Å². The Kier molecular flexibility index (Phi) is 2.72. The fourth-order valence-corrected chi connectivity index (χ4v) is 2.02. The molecule has 1 aromatic carbocycles. The van der Waals surface area contributed by atoms with E-state index < -0.39 is 0 Å². The summed E-state index contributed by atoms with van der Waals surface area (Å²) >= 11 is 0. The lowest BCUT2D eigenvalue weighted by Crippen LogP contribution is -2.15. The van der Waals surface area contributed by atoms with Crippen molar-refractivity contribution in [3.8, 4) is 0 Å². The first kappa shape index (κ1) is 11.4. The summed E-state index contributed by atoms with van der Waals surface area (Å²) in [6.07, 6.45) is 1.97. The number of aliphatic hydroxyl groups excluding tert-OH is 1. The van der Waals surface area contributed by atoms with Gasteiger partial charge in [-0.1, -0.05) is 36.4 Å². The fraction of sp³-hybridized carbons (Fsp3) is 0.133. The first-order valence-electron chi connectivity index (χ1n) is 5.44. The van der Waals surface area contributed by atoms with E-state index in [1.165, 1.54) is 0 Å². The van der Waals surface area contributed by atoms with E-state index in [0.717, 1.165) is 11.1 Å². The molecular weight excluding hydrogens is 212 g/mol. The minimum atomic E-state index is -0.134. The molecule has 0 bridgehead atoms. The molecule has 0 aliphatic heterocycles. The second-order valence-corrected chi connectivity index (χ2v) is 4.18. The van der Waals surface area contributed by atoms with Crippen LogP contribution >= 0.6 is 0 Å². The zero-order chi connectivity index (χ0) is 12.6. The molecule has 0 heterocycles. The van der Waals surface area contributed by atoms with Gasteiger partial charge < -0.3 is 5.11 Å². The van der Waals surface area contributed by atoms with Crippen molar-refractivity contribution in [2.75, 3.05) is 0 Å². The van der Waals surface area contributed by atoms with Gasteiger partial charge in [0.15, 0.2) is 5.78 Å². The Morgan fingerprint density at radius 3 is 2.71 bits per heavy atom. The average Bonchev–Trinajstić information content (AvgIpc) is 2.32. The summed E-state index contributed by atoms with van der Waals surface area (Å²) in [7, 11) is 0. The zero-order valence-corrected chi connectivity index (χ0v) is 9.79. The molecule has 0 unspecified atom stereocenters. The third-order valence-corrected chi connectivity index (χ3v) is 2.94. The van der Waals surface area contributed by atoms with Crippen molar-refractivity contribution in [3.63, 3.8) is 0 Å². The van der Waals surface area contributed by atoms with Gasteiger partial charge in [0.1, 0.15) is 5.76 Å². The molecular formula is C15H14O2. The highest BCUT2D eigenvalue weighted by Crippen LogP contribution is 2.34. The number of fused-ring (bicyclic) bond motifs is 1. The molecule has 1 aromatic rings. The molecule has 0 amide bonds. The monoisotopic (exact) mass is 226 g/mol. The predicted octanol–water partition coefficient (Wildman–Crippen LogP) is 3.59. The highest BCUT2D eigenvalue weighted by atomic mass is 16.3. The van der Waals surface area contributed by atoms with Crippen molar-refractivity contribution in [2.24, 2.45) is 0 Å². The number of aliphatic hydroxyl groups is 1. The van der Waals surface area contributed by atoms with E-state index in [4.69, 9.17) is 0 Å². The number of carbonyl (C=O) groups is 1. The number of ketones is 1. The maximum Gasteiger partial charge on any atom is 0.193 e. The van der Waals surface area contributed by atoms with Gasteiger partial charge in [-0.2, -0.15) is 0 Å². The van der Waals surface area contributed by atoms with E-state index in [1.807, 2.05) is 19.1 Å². The first-order chi connectivity index (χ1) is 8.06. The van der Waals surface area contributed by atoms with Crippen LogP contribution in [0.25, 0.3) is 5.57 Å². The van der Waals surface area contributed by atoms with Gasteiger partial charge in [-0.25, -0.2) is 0 Å². The Morgan fingerprint density at radius 2 is 2.06 bits per heavy atom. The van der Waals surface area contributed by atoms with E-state index in [1.54, 1.807) is 12.1 Å². The normalized spacial score (nSPS) is 14.9. The maximum absolute atomic E-state index is 12.2. The van der Waals surface area contributed by atoms with Crippen molar-refractivity contribution in [1.82, 2.24) is 0 Å². The van der Waals surface area contributed by atoms with Gasteiger partial charge in [-0.3, -0.25) is 4.79 Å². The number of Topliss-reactive ketones (excluding diaryl/α,β-unsaturated/α-hetero) is 1. The molecule has 0 spiro atoms. The van der Waals surface area contributed by atoms with Crippen molar-refractivity contribution >= 4 is 11.4 Å². The van der Waals surface area contributed by atoms with Gasteiger partial charge in [-0.15, -0.1) is 6.58 Å². The molecule has 86 valence electrons. The minimum absolute atomic E-state index is 0.00648. The molecule has 2 heteroatoms. The molecule has 0 saturated heterocycles. The first-order valence-corrected chi connectivity index (χ1v) is 5.44. The summed E-state index contributed by atoms with van der Waals surface area (Å²) in [6, 6.07) is 5.54. The summed E-state index contributed by atoms with van der Waals surface area (Å²) < 4.78 is 0. The van der Waals surface area contributed by atoms with Gasteiger partial charge in [0, 0.05) is 16.7 Å². The molecule has 2 rings (SSSR count). The molecule has 0 radical (unpaired) electrons. The van der Waals surface area contributed by atoms with Crippen LogP contribution in [0.5, 0.6) is 0 Å². The number of hydrogen-bond donors (Lipinski definition) is 1. The lowest BCUT2D eigenvalue weighted by Gasteiger charge is -2.20. The molecule has 1 N–H and O–H groups in total. The van der Waals surface area contributed by atoms with E-state index in [2.05, 4.69) is 13.2 Å². The van der Waals surface area contributed by atoms with E-state index in [9.17, 15) is 9.90 Å². The Balaban J connectivity index is 2.64. The molecule has 0 saturated carbocycles. The van der Waals surface area contributed by atoms with Crippen LogP contribution in [-0.4, -0.2) is 10.9 Å². The average molecular weight is 226 g/mol. The van der Waals surface area contributed by atoms with Crippen LogP contribution in [0.4, 0.5) is 0 Å². The maximum atomic E-state index is 12.2. The standard InChI is InChI=1S/C15H14O2/c1-4-5-12-14(16)10(3)13-8-9(2)6-7-11(13)15(12)17/h4,6-8,16H,1,3,5H2,2H3. The summed E-state index contributed by atoms with van der Waals surface area (Å²) in [4.78, 5) is 12.2. The van der Waals surface area contributed by atoms with E-state index in [-0.39, 0.29) is 11.5 Å². The Hall–Kier alpha value is -2.09. The van der Waals surface area contributed by atoms with Gasteiger partial charge in [0.05, 0.1) is 0 Å². The van der Waals surface area contributed by atoms with Crippen LogP contribution in [0.15, 0.2) is 48.8 Å². The fourth-order valence-electron chi connectivity index (χ4n) is 2.02. The molecule has 0 fully saturated rings. The van der Waals surface area contributed by atoms with Gasteiger partial charge in [-0.05, 0) is 18.9 Å². The van der Waals surface area contributed by atoms with Crippen LogP contribution in [0, 0.1) is 6.92 Å². The quantitative estimate of drug-likeness (QED) is 0.782. The molecule has 0 atom stereocenters. The molecule has 1 aliphatic carbocycles. The van der Waals surface area contributed by atoms with Crippen LogP contribution in [0.1, 0.15) is 27.9 Å². The van der Waals surface area contributed by atoms with Crippen molar-refractivity contribution in [2.45, 2.75) is 13.3 Å². The largest absolute Gasteiger partial charge is 0.507 e. The third-order valence-electron chi connectivity index (χ3n) is 2.94. The Bertz CT molecular complexity index is 562. The molecule has 17 heavy (non-hydrogen) atoms. The topological polar surface area (TPSA) is 37.3 Å². The highest BCUT2D eigenvalue weighted by Gasteiger charge is 2.27. The smallest absolute Gasteiger partial charge is 0.193 e. The van der Waals surface area contributed by atoms with Gasteiger partial charge in [0.25, 0.3) is 0 Å². The predicted molar refractivity (Wildman–Crippen MR) is 69.0 cm³/mol. The van der Waals surface area contributed by atoms with Crippen LogP contribution in [-0.2, 0) is 0 Å². The van der Waals surface area contributed by atoms with Gasteiger partial charge >= 0.3 is 0 Å². The van der Waals surface area contributed by atoms with Gasteiger partial charge in [0.2, 0.25) is 0 Å². The van der Waals surface area contributed by atoms with E-state index in [0.29, 0.717) is 23.1 Å². The Labute approximate surface area is 101 Å². The van der Waals surface area contributed by atoms with Crippen molar-refractivity contribution in [1.29, 1.82) is 0 Å². The second-order valence-electron chi connectivity index (χ2n) is 4.18. The van der Waals surface area contributed by atoms with Crippen LogP contribution in [0.2, 0.25) is 0 Å². The molecule has 0 aromatic heterocycles. The minimum Gasteiger partial charge on any atom is -0.507 e. The summed E-state index contributed by atoms with van der Waals surface area (Å²) in [6.45, 7) is 9.38. The third kappa shape index (κ3) is 1.72. The van der Waals surface area contributed by atoms with Crippen molar-refractivity contribution < 1.29 is 9.90 Å². The number of allylic oxidation sites excluding steroid dienone is 3. The number of aryl methyl sites for hydroxylation is 1. The molecule has 2 nitrogen and oxygen atoms in total. The summed E-state index contributed by atoms with van der Waals surface area (Å²) in [5, 5.41) is 9.99. The number of carbonyl (C=O) groups excluding carboxylic acids is 1. The molecule has 1 aliphatic rings. The lowest BCUT2D eigenvalue weighted by molar-refractivity contribution is 0.102. The summed E-state index contributed by atoms with van der Waals surface area (Å²) in [5.74, 6) is -0.141. The van der Waals surface area contributed by atoms with Crippen LogP contribution < -0.4 is 0 Å². The number of hydrogen-bond acceptors (Lipinski definition) is 2. The summed E-state index contributed by atoms with van der Waals surface area (Å²) in [5.41, 5.74) is 3.26. The number of rotatable bonds is 2. The zero-order valence-electron chi connectivity index (χ0n) is 9.79. The van der Waals surface area contributed by atoms with Crippen LogP contribution in [0.3, 0.4) is 0 Å². The second kappa shape index (κ2) is 4.06. The van der Waals surface area contributed by atoms with Crippen molar-refractivity contribution in [3.05, 3.63) is 65.5 Å². The number of benzene rings is 1.